The zero-order valence-corrected chi connectivity index (χ0v) is 9.38. The van der Waals surface area contributed by atoms with Gasteiger partial charge in [0.2, 0.25) is 0 Å². The van der Waals surface area contributed by atoms with Gasteiger partial charge in [0.25, 0.3) is 0 Å². The number of rotatable bonds is 1. The smallest absolute Gasteiger partial charge is 0.155 e. The Kier molecular flexibility index (Phi) is 1.77. The van der Waals surface area contributed by atoms with Crippen molar-refractivity contribution in [1.29, 1.82) is 0 Å². The van der Waals surface area contributed by atoms with Crippen molar-refractivity contribution in [1.82, 2.24) is 25.1 Å². The molecule has 0 radical (unpaired) electrons. The molecule has 3 aromatic heterocycles. The van der Waals surface area contributed by atoms with Gasteiger partial charge in [0.1, 0.15) is 5.82 Å². The van der Waals surface area contributed by atoms with Crippen LogP contribution in [-0.4, -0.2) is 25.1 Å². The molecule has 5 nitrogen and oxygen atoms in total. The van der Waals surface area contributed by atoms with Crippen molar-refractivity contribution in [3.8, 4) is 11.4 Å². The highest BCUT2D eigenvalue weighted by Crippen LogP contribution is 2.21. The SMILES string of the molecule is c1ccc2[nH]c(-c3cnc4[nH]ncc4c3)nc2c1. The highest BCUT2D eigenvalue weighted by molar-refractivity contribution is 5.82. The molecule has 0 saturated heterocycles. The molecule has 0 aliphatic rings. The zero-order chi connectivity index (χ0) is 11.9. The number of hydrogen-bond donors (Lipinski definition) is 2. The van der Waals surface area contributed by atoms with Crippen LogP contribution < -0.4 is 0 Å². The topological polar surface area (TPSA) is 70.2 Å². The molecule has 0 atom stereocenters. The molecule has 1 aromatic carbocycles. The Labute approximate surface area is 102 Å². The maximum Gasteiger partial charge on any atom is 0.155 e. The summed E-state index contributed by atoms with van der Waals surface area (Å²) in [5.74, 6) is 0.826. The summed E-state index contributed by atoms with van der Waals surface area (Å²) < 4.78 is 0. The lowest BCUT2D eigenvalue weighted by molar-refractivity contribution is 1.10. The summed E-state index contributed by atoms with van der Waals surface area (Å²) in [5, 5.41) is 7.77. The van der Waals surface area contributed by atoms with E-state index in [0.29, 0.717) is 0 Å². The van der Waals surface area contributed by atoms with E-state index in [4.69, 9.17) is 0 Å². The van der Waals surface area contributed by atoms with Crippen molar-refractivity contribution < 1.29 is 0 Å². The number of imidazole rings is 1. The summed E-state index contributed by atoms with van der Waals surface area (Å²) in [6.07, 6.45) is 3.55. The molecule has 18 heavy (non-hydrogen) atoms. The largest absolute Gasteiger partial charge is 0.338 e. The van der Waals surface area contributed by atoms with Crippen LogP contribution in [-0.2, 0) is 0 Å². The number of nitrogens with one attached hydrogen (secondary N) is 2. The van der Waals surface area contributed by atoms with Gasteiger partial charge >= 0.3 is 0 Å². The van der Waals surface area contributed by atoms with E-state index in [1.165, 1.54) is 0 Å². The second-order valence-corrected chi connectivity index (χ2v) is 4.13. The van der Waals surface area contributed by atoms with E-state index >= 15 is 0 Å². The summed E-state index contributed by atoms with van der Waals surface area (Å²) in [5.41, 5.74) is 3.73. The maximum atomic E-state index is 4.55. The number of H-pyrrole nitrogens is 2. The van der Waals surface area contributed by atoms with E-state index in [1.54, 1.807) is 12.4 Å². The van der Waals surface area contributed by atoms with Crippen LogP contribution >= 0.6 is 0 Å². The molecule has 2 N–H and O–H groups in total. The lowest BCUT2D eigenvalue weighted by Crippen LogP contribution is -1.83. The zero-order valence-electron chi connectivity index (χ0n) is 9.38. The van der Waals surface area contributed by atoms with E-state index < -0.39 is 0 Å². The van der Waals surface area contributed by atoms with Gasteiger partial charge in [0.15, 0.2) is 5.65 Å². The number of fused-ring (bicyclic) bond motifs is 2. The van der Waals surface area contributed by atoms with Gasteiger partial charge in [-0.2, -0.15) is 5.10 Å². The number of pyridine rings is 1. The van der Waals surface area contributed by atoms with Crippen LogP contribution in [0.1, 0.15) is 0 Å². The van der Waals surface area contributed by atoms with E-state index in [0.717, 1.165) is 33.5 Å². The molecule has 0 saturated carbocycles. The van der Waals surface area contributed by atoms with Gasteiger partial charge < -0.3 is 4.98 Å². The molecule has 0 unspecified atom stereocenters. The normalized spacial score (nSPS) is 11.3. The maximum absolute atomic E-state index is 4.55. The van der Waals surface area contributed by atoms with E-state index in [1.807, 2.05) is 30.3 Å². The molecule has 4 rings (SSSR count). The van der Waals surface area contributed by atoms with Crippen LogP contribution in [0.5, 0.6) is 0 Å². The minimum absolute atomic E-state index is 0.787. The van der Waals surface area contributed by atoms with Crippen molar-refractivity contribution >= 4 is 22.1 Å². The van der Waals surface area contributed by atoms with E-state index in [9.17, 15) is 0 Å². The molecule has 4 aromatic rings. The summed E-state index contributed by atoms with van der Waals surface area (Å²) in [7, 11) is 0. The van der Waals surface area contributed by atoms with Crippen LogP contribution in [0.2, 0.25) is 0 Å². The first kappa shape index (κ1) is 9.35. The Morgan fingerprint density at radius 3 is 2.94 bits per heavy atom. The van der Waals surface area contributed by atoms with Crippen molar-refractivity contribution in [2.24, 2.45) is 0 Å². The molecule has 0 aliphatic carbocycles. The van der Waals surface area contributed by atoms with Gasteiger partial charge in [0, 0.05) is 17.1 Å². The third-order valence-electron chi connectivity index (χ3n) is 2.95. The summed E-state index contributed by atoms with van der Waals surface area (Å²) in [6.45, 7) is 0. The van der Waals surface area contributed by atoms with E-state index in [2.05, 4.69) is 25.1 Å². The first-order valence-electron chi connectivity index (χ1n) is 5.64. The molecule has 0 aliphatic heterocycles. The second-order valence-electron chi connectivity index (χ2n) is 4.13. The van der Waals surface area contributed by atoms with Gasteiger partial charge in [0.05, 0.1) is 17.2 Å². The van der Waals surface area contributed by atoms with E-state index in [-0.39, 0.29) is 0 Å². The lowest BCUT2D eigenvalue weighted by Gasteiger charge is -1.95. The predicted molar refractivity (Wildman–Crippen MR) is 69.0 cm³/mol. The first-order valence-corrected chi connectivity index (χ1v) is 5.64. The highest BCUT2D eigenvalue weighted by Gasteiger charge is 2.06. The van der Waals surface area contributed by atoms with Crippen LogP contribution in [0.4, 0.5) is 0 Å². The number of benzene rings is 1. The minimum atomic E-state index is 0.787. The number of nitrogens with zero attached hydrogens (tertiary/aromatic N) is 3. The quantitative estimate of drug-likeness (QED) is 0.532. The van der Waals surface area contributed by atoms with Crippen LogP contribution in [0.15, 0.2) is 42.7 Å². The number of para-hydroxylation sites is 2. The van der Waals surface area contributed by atoms with Gasteiger partial charge in [-0.1, -0.05) is 12.1 Å². The molecular weight excluding hydrogens is 226 g/mol. The second kappa shape index (κ2) is 3.40. The van der Waals surface area contributed by atoms with Crippen LogP contribution in [0.3, 0.4) is 0 Å². The van der Waals surface area contributed by atoms with Gasteiger partial charge in [-0.15, -0.1) is 0 Å². The monoisotopic (exact) mass is 235 g/mol. The molecule has 3 heterocycles. The molecular formula is C13H9N5. The van der Waals surface area contributed by atoms with Gasteiger partial charge in [-0.05, 0) is 18.2 Å². The summed E-state index contributed by atoms with van der Waals surface area (Å²) in [4.78, 5) is 12.1. The Morgan fingerprint density at radius 2 is 2.00 bits per heavy atom. The first-order chi connectivity index (χ1) is 8.90. The van der Waals surface area contributed by atoms with Crippen molar-refractivity contribution in [2.75, 3.05) is 0 Å². The Bertz CT molecular complexity index is 809. The van der Waals surface area contributed by atoms with Crippen LogP contribution in [0, 0.1) is 0 Å². The van der Waals surface area contributed by atoms with Crippen molar-refractivity contribution in [2.45, 2.75) is 0 Å². The third-order valence-corrected chi connectivity index (χ3v) is 2.95. The Balaban J connectivity index is 1.94. The fourth-order valence-electron chi connectivity index (χ4n) is 2.06. The number of aromatic nitrogens is 5. The highest BCUT2D eigenvalue weighted by atomic mass is 15.1. The molecule has 0 fully saturated rings. The lowest BCUT2D eigenvalue weighted by atomic mass is 10.2. The molecule has 86 valence electrons. The fourth-order valence-corrected chi connectivity index (χ4v) is 2.06. The summed E-state index contributed by atoms with van der Waals surface area (Å²) >= 11 is 0. The average molecular weight is 235 g/mol. The van der Waals surface area contributed by atoms with Crippen molar-refractivity contribution in [3.63, 3.8) is 0 Å². The summed E-state index contributed by atoms with van der Waals surface area (Å²) in [6, 6.07) is 9.98. The Hall–Kier alpha value is -2.69. The Morgan fingerprint density at radius 1 is 1.06 bits per heavy atom. The predicted octanol–water partition coefficient (Wildman–Crippen LogP) is 2.50. The minimum Gasteiger partial charge on any atom is -0.338 e. The molecule has 0 amide bonds. The van der Waals surface area contributed by atoms with Crippen molar-refractivity contribution in [3.05, 3.63) is 42.7 Å². The number of aromatic amines is 2. The molecule has 0 spiro atoms. The molecule has 0 bridgehead atoms. The standard InChI is InChI=1S/C13H9N5/c1-2-4-11-10(3-1)16-13(17-11)8-5-9-7-15-18-12(9)14-6-8/h1-7H,(H,16,17)(H,14,15,18). The van der Waals surface area contributed by atoms with Gasteiger partial charge in [-0.25, -0.2) is 9.97 Å². The van der Waals surface area contributed by atoms with Gasteiger partial charge in [-0.3, -0.25) is 5.10 Å². The molecule has 5 heteroatoms. The average Bonchev–Trinajstić information content (AvgIpc) is 3.04. The third kappa shape index (κ3) is 1.31. The van der Waals surface area contributed by atoms with Crippen LogP contribution in [0.25, 0.3) is 33.5 Å². The fraction of sp³-hybridized carbons (Fsp3) is 0. The number of hydrogen-bond acceptors (Lipinski definition) is 3.